The van der Waals surface area contributed by atoms with Crippen LogP contribution in [0.4, 0.5) is 5.82 Å². The van der Waals surface area contributed by atoms with E-state index in [1.807, 2.05) is 11.0 Å². The van der Waals surface area contributed by atoms with E-state index in [2.05, 4.69) is 16.8 Å². The first kappa shape index (κ1) is 23.2. The van der Waals surface area contributed by atoms with Crippen molar-refractivity contribution in [2.45, 2.75) is 19.9 Å². The predicted molar refractivity (Wildman–Crippen MR) is 128 cm³/mol. The number of β-amino-alcohol motifs (C(OH)–C–C–N with tert-alkyl or cyclic N) is 1. The van der Waals surface area contributed by atoms with Crippen molar-refractivity contribution < 1.29 is 14.9 Å². The lowest BCUT2D eigenvalue weighted by Crippen LogP contribution is -2.49. The van der Waals surface area contributed by atoms with Gasteiger partial charge in [-0.1, -0.05) is 6.92 Å². The highest BCUT2D eigenvalue weighted by Crippen LogP contribution is 2.24. The van der Waals surface area contributed by atoms with Crippen molar-refractivity contribution >= 4 is 16.9 Å². The standard InChI is InChI=1S/C24H31N5O4/c1-2-14-33-15-12-29-22-16-20(18-3-5-19(31)6-4-18)25-17-21(22)26-23(24(29)32)28-9-7-27(8-10-28)11-13-30/h3-6,16-17,30-31H,2,7-15H2,1H3. The average Bonchev–Trinajstić information content (AvgIpc) is 2.84. The van der Waals surface area contributed by atoms with Gasteiger partial charge in [0.1, 0.15) is 11.3 Å². The summed E-state index contributed by atoms with van der Waals surface area (Å²) in [6.45, 7) is 7.25. The summed E-state index contributed by atoms with van der Waals surface area (Å²) in [6, 6.07) is 8.70. The van der Waals surface area contributed by atoms with Crippen molar-refractivity contribution in [1.29, 1.82) is 0 Å². The molecule has 1 aliphatic heterocycles. The molecule has 0 radical (unpaired) electrons. The van der Waals surface area contributed by atoms with E-state index in [1.165, 1.54) is 0 Å². The number of piperazine rings is 1. The number of aromatic nitrogens is 3. The molecule has 0 atom stereocenters. The normalized spacial score (nSPS) is 14.8. The SMILES string of the molecule is CCCOCCn1c(=O)c(N2CCN(CCO)CC2)nc2cnc(-c3ccc(O)cc3)cc21. The van der Waals surface area contributed by atoms with Gasteiger partial charge >= 0.3 is 0 Å². The van der Waals surface area contributed by atoms with Crippen molar-refractivity contribution in [3.05, 3.63) is 46.9 Å². The number of aliphatic hydroxyl groups excluding tert-OH is 1. The molecule has 2 N–H and O–H groups in total. The first-order valence-corrected chi connectivity index (χ1v) is 11.5. The fraction of sp³-hybridized carbons (Fsp3) is 0.458. The number of aliphatic hydroxyl groups is 1. The number of anilines is 1. The van der Waals surface area contributed by atoms with Crippen molar-refractivity contribution in [3.63, 3.8) is 0 Å². The van der Waals surface area contributed by atoms with Crippen molar-refractivity contribution in [3.8, 4) is 17.0 Å². The van der Waals surface area contributed by atoms with E-state index < -0.39 is 0 Å². The Morgan fingerprint density at radius 1 is 1.06 bits per heavy atom. The first-order chi connectivity index (χ1) is 16.1. The summed E-state index contributed by atoms with van der Waals surface area (Å²) in [4.78, 5) is 27.0. The van der Waals surface area contributed by atoms with Crippen LogP contribution in [0.25, 0.3) is 22.3 Å². The number of hydrogen-bond donors (Lipinski definition) is 2. The molecule has 1 saturated heterocycles. The second-order valence-electron chi connectivity index (χ2n) is 8.16. The van der Waals surface area contributed by atoms with Crippen LogP contribution in [0.15, 0.2) is 41.3 Å². The van der Waals surface area contributed by atoms with Crippen LogP contribution < -0.4 is 10.5 Å². The lowest BCUT2D eigenvalue weighted by molar-refractivity contribution is 0.127. The Balaban J connectivity index is 1.71. The summed E-state index contributed by atoms with van der Waals surface area (Å²) in [5.41, 5.74) is 2.78. The van der Waals surface area contributed by atoms with E-state index >= 15 is 0 Å². The fourth-order valence-corrected chi connectivity index (χ4v) is 4.08. The second-order valence-corrected chi connectivity index (χ2v) is 8.16. The Labute approximate surface area is 192 Å². The number of phenolic OH excluding ortho intramolecular Hbond substituents is 1. The molecular formula is C24H31N5O4. The molecule has 0 spiro atoms. The summed E-state index contributed by atoms with van der Waals surface area (Å²) in [5.74, 6) is 0.621. The van der Waals surface area contributed by atoms with Gasteiger partial charge in [0.05, 0.1) is 30.6 Å². The molecule has 1 fully saturated rings. The molecule has 9 nitrogen and oxygen atoms in total. The third-order valence-corrected chi connectivity index (χ3v) is 5.87. The number of benzene rings is 1. The number of pyridine rings is 1. The van der Waals surface area contributed by atoms with Crippen LogP contribution in [0.5, 0.6) is 5.75 Å². The zero-order valence-corrected chi connectivity index (χ0v) is 19.0. The van der Waals surface area contributed by atoms with Gasteiger partial charge in [-0.15, -0.1) is 0 Å². The first-order valence-electron chi connectivity index (χ1n) is 11.5. The third kappa shape index (κ3) is 5.32. The number of ether oxygens (including phenoxy) is 1. The van der Waals surface area contributed by atoms with E-state index in [9.17, 15) is 15.0 Å². The molecule has 1 aliphatic rings. The largest absolute Gasteiger partial charge is 0.508 e. The van der Waals surface area contributed by atoms with Gasteiger partial charge in [-0.2, -0.15) is 0 Å². The van der Waals surface area contributed by atoms with Gasteiger partial charge in [0.2, 0.25) is 0 Å². The van der Waals surface area contributed by atoms with Gasteiger partial charge in [0, 0.05) is 51.4 Å². The Hall–Kier alpha value is -3.01. The fourth-order valence-electron chi connectivity index (χ4n) is 4.08. The van der Waals surface area contributed by atoms with E-state index in [1.54, 1.807) is 35.0 Å². The Morgan fingerprint density at radius 2 is 1.82 bits per heavy atom. The van der Waals surface area contributed by atoms with E-state index in [0.29, 0.717) is 61.9 Å². The average molecular weight is 454 g/mol. The Morgan fingerprint density at radius 3 is 2.52 bits per heavy atom. The predicted octanol–water partition coefficient (Wildman–Crippen LogP) is 1.71. The van der Waals surface area contributed by atoms with Gasteiger partial charge in [-0.05, 0) is 36.8 Å². The Bertz CT molecular complexity index is 1120. The molecular weight excluding hydrogens is 422 g/mol. The molecule has 0 aliphatic carbocycles. The van der Waals surface area contributed by atoms with Crippen LogP contribution in [0.3, 0.4) is 0 Å². The minimum absolute atomic E-state index is 0.133. The molecule has 33 heavy (non-hydrogen) atoms. The van der Waals surface area contributed by atoms with Gasteiger partial charge < -0.3 is 24.4 Å². The molecule has 9 heteroatoms. The minimum atomic E-state index is -0.138. The summed E-state index contributed by atoms with van der Waals surface area (Å²) in [5, 5.41) is 18.8. The maximum absolute atomic E-state index is 13.5. The molecule has 0 saturated carbocycles. The van der Waals surface area contributed by atoms with Gasteiger partial charge in [-0.3, -0.25) is 14.7 Å². The molecule has 4 rings (SSSR count). The van der Waals surface area contributed by atoms with Crippen LogP contribution in [0.1, 0.15) is 13.3 Å². The highest BCUT2D eigenvalue weighted by atomic mass is 16.5. The lowest BCUT2D eigenvalue weighted by atomic mass is 10.1. The van der Waals surface area contributed by atoms with Gasteiger partial charge in [-0.25, -0.2) is 4.98 Å². The van der Waals surface area contributed by atoms with E-state index in [0.717, 1.165) is 25.1 Å². The van der Waals surface area contributed by atoms with Crippen molar-refractivity contribution in [1.82, 2.24) is 19.4 Å². The van der Waals surface area contributed by atoms with Gasteiger partial charge in [0.25, 0.3) is 5.56 Å². The third-order valence-electron chi connectivity index (χ3n) is 5.87. The van der Waals surface area contributed by atoms with Crippen molar-refractivity contribution in [2.24, 2.45) is 0 Å². The number of aromatic hydroxyl groups is 1. The molecule has 0 bridgehead atoms. The topological polar surface area (TPSA) is 104 Å². The summed E-state index contributed by atoms with van der Waals surface area (Å²) < 4.78 is 7.41. The van der Waals surface area contributed by atoms with Crippen LogP contribution in [0.2, 0.25) is 0 Å². The molecule has 3 heterocycles. The molecule has 0 unspecified atom stereocenters. The molecule has 176 valence electrons. The summed E-state index contributed by atoms with van der Waals surface area (Å²) in [6.07, 6.45) is 2.62. The minimum Gasteiger partial charge on any atom is -0.508 e. The second kappa shape index (κ2) is 10.7. The highest BCUT2D eigenvalue weighted by Gasteiger charge is 2.22. The number of rotatable bonds is 9. The van der Waals surface area contributed by atoms with Crippen LogP contribution in [-0.2, 0) is 11.3 Å². The number of nitrogens with zero attached hydrogens (tertiary/aromatic N) is 5. The number of phenols is 1. The van der Waals surface area contributed by atoms with Crippen molar-refractivity contribution in [2.75, 3.05) is 57.4 Å². The number of hydrogen-bond acceptors (Lipinski definition) is 8. The highest BCUT2D eigenvalue weighted by molar-refractivity contribution is 5.80. The maximum atomic E-state index is 13.5. The molecule has 1 aromatic carbocycles. The Kier molecular flexibility index (Phi) is 7.54. The zero-order chi connectivity index (χ0) is 23.2. The van der Waals surface area contributed by atoms with E-state index in [-0.39, 0.29) is 17.9 Å². The summed E-state index contributed by atoms with van der Waals surface area (Å²) in [7, 11) is 0. The quantitative estimate of drug-likeness (QED) is 0.472. The lowest BCUT2D eigenvalue weighted by Gasteiger charge is -2.34. The molecule has 3 aromatic rings. The van der Waals surface area contributed by atoms with Gasteiger partial charge in [0.15, 0.2) is 5.82 Å². The van der Waals surface area contributed by atoms with Crippen LogP contribution in [-0.4, -0.2) is 82.2 Å². The van der Waals surface area contributed by atoms with E-state index in [4.69, 9.17) is 9.72 Å². The maximum Gasteiger partial charge on any atom is 0.294 e. The molecule has 2 aromatic heterocycles. The smallest absolute Gasteiger partial charge is 0.294 e. The summed E-state index contributed by atoms with van der Waals surface area (Å²) >= 11 is 0. The number of fused-ring (bicyclic) bond motifs is 1. The van der Waals surface area contributed by atoms with Crippen LogP contribution in [0, 0.1) is 0 Å². The van der Waals surface area contributed by atoms with Crippen LogP contribution >= 0.6 is 0 Å². The molecule has 0 amide bonds. The zero-order valence-electron chi connectivity index (χ0n) is 19.0. The monoisotopic (exact) mass is 453 g/mol.